The van der Waals surface area contributed by atoms with E-state index in [-0.39, 0.29) is 22.4 Å². The van der Waals surface area contributed by atoms with Gasteiger partial charge in [-0.05, 0) is 30.7 Å². The Kier molecular flexibility index (Phi) is 5.58. The summed E-state index contributed by atoms with van der Waals surface area (Å²) in [5, 5.41) is 14.7. The van der Waals surface area contributed by atoms with Crippen LogP contribution in [-0.2, 0) is 22.7 Å². The third-order valence-corrected chi connectivity index (χ3v) is 6.28. The van der Waals surface area contributed by atoms with E-state index >= 15 is 0 Å². The fourth-order valence-electron chi connectivity index (χ4n) is 4.31. The van der Waals surface area contributed by atoms with Crippen molar-refractivity contribution in [3.05, 3.63) is 93.1 Å². The number of nitro benzene ring substituents is 1. The van der Waals surface area contributed by atoms with Gasteiger partial charge in [-0.15, -0.1) is 0 Å². The van der Waals surface area contributed by atoms with E-state index in [0.717, 1.165) is 28.3 Å². The SMILES string of the molecule is O=C1NC(=O)C(c2cn(CCCn3ccnc3)c3ccc(Br)cc23)=C1c1ccccc1[N+](=O)[O-]. The van der Waals surface area contributed by atoms with Gasteiger partial charge in [0.25, 0.3) is 17.5 Å². The zero-order valence-corrected chi connectivity index (χ0v) is 19.4. The number of hydrogen-bond acceptors (Lipinski definition) is 5. The lowest BCUT2D eigenvalue weighted by molar-refractivity contribution is -0.385. The molecule has 0 atom stereocenters. The first-order valence-electron chi connectivity index (χ1n) is 10.5. The van der Waals surface area contributed by atoms with Crippen molar-refractivity contribution in [1.29, 1.82) is 0 Å². The smallest absolute Gasteiger partial charge is 0.277 e. The number of benzene rings is 2. The molecule has 1 aliphatic rings. The molecule has 5 rings (SSSR count). The van der Waals surface area contributed by atoms with Crippen molar-refractivity contribution in [2.24, 2.45) is 0 Å². The summed E-state index contributed by atoms with van der Waals surface area (Å²) in [5.74, 6) is -1.22. The number of aryl methyl sites for hydroxylation is 2. The molecule has 170 valence electrons. The summed E-state index contributed by atoms with van der Waals surface area (Å²) in [4.78, 5) is 40.9. The largest absolute Gasteiger partial charge is 0.347 e. The van der Waals surface area contributed by atoms with Gasteiger partial charge >= 0.3 is 0 Å². The number of fused-ring (bicyclic) bond motifs is 1. The third-order valence-electron chi connectivity index (χ3n) is 5.79. The van der Waals surface area contributed by atoms with E-state index in [4.69, 9.17) is 0 Å². The second kappa shape index (κ2) is 8.71. The van der Waals surface area contributed by atoms with E-state index < -0.39 is 16.7 Å². The molecule has 1 aliphatic heterocycles. The molecule has 3 heterocycles. The van der Waals surface area contributed by atoms with Crippen molar-refractivity contribution >= 4 is 55.5 Å². The minimum absolute atomic E-state index is 0.00902. The number of nitrogens with one attached hydrogen (secondary N) is 1. The molecule has 4 aromatic rings. The number of carbonyl (C=O) groups excluding carboxylic acids is 2. The van der Waals surface area contributed by atoms with Crippen molar-refractivity contribution in [3.8, 4) is 0 Å². The molecule has 0 radical (unpaired) electrons. The number of carbonyl (C=O) groups is 2. The fraction of sp³-hybridized carbons (Fsp3) is 0.125. The number of rotatable bonds is 7. The average Bonchev–Trinajstić information content (AvgIpc) is 3.51. The van der Waals surface area contributed by atoms with Gasteiger partial charge in [-0.3, -0.25) is 25.0 Å². The van der Waals surface area contributed by atoms with Crippen LogP contribution in [0.1, 0.15) is 17.5 Å². The number of imide groups is 1. The summed E-state index contributed by atoms with van der Waals surface area (Å²) in [6.45, 7) is 1.44. The molecule has 34 heavy (non-hydrogen) atoms. The third kappa shape index (κ3) is 3.81. The predicted octanol–water partition coefficient (Wildman–Crippen LogP) is 4.17. The Hall–Kier alpha value is -4.05. The molecular formula is C24H18BrN5O4. The normalized spacial score (nSPS) is 13.7. The Labute approximate surface area is 202 Å². The Balaban J connectivity index is 1.66. The van der Waals surface area contributed by atoms with Crippen molar-refractivity contribution in [2.75, 3.05) is 0 Å². The quantitative estimate of drug-likeness (QED) is 0.223. The first kappa shape index (κ1) is 21.8. The highest BCUT2D eigenvalue weighted by molar-refractivity contribution is 9.10. The lowest BCUT2D eigenvalue weighted by atomic mass is 9.95. The van der Waals surface area contributed by atoms with E-state index in [1.807, 2.05) is 39.7 Å². The summed E-state index contributed by atoms with van der Waals surface area (Å²) in [6, 6.07) is 11.7. The molecule has 0 bridgehead atoms. The van der Waals surface area contributed by atoms with Crippen LogP contribution >= 0.6 is 15.9 Å². The first-order valence-corrected chi connectivity index (χ1v) is 11.3. The molecule has 2 aromatic carbocycles. The Morgan fingerprint density at radius 1 is 1.03 bits per heavy atom. The second-order valence-corrected chi connectivity index (χ2v) is 8.77. The van der Waals surface area contributed by atoms with Gasteiger partial charge in [-0.1, -0.05) is 28.1 Å². The Bertz CT molecular complexity index is 1490. The summed E-state index contributed by atoms with van der Waals surface area (Å²) in [5.41, 5.74) is 1.47. The predicted molar refractivity (Wildman–Crippen MR) is 130 cm³/mol. The number of imidazole rings is 1. The zero-order chi connectivity index (χ0) is 23.8. The van der Waals surface area contributed by atoms with E-state index in [1.54, 1.807) is 18.6 Å². The van der Waals surface area contributed by atoms with Gasteiger partial charge in [-0.2, -0.15) is 0 Å². The van der Waals surface area contributed by atoms with Gasteiger partial charge in [-0.25, -0.2) is 4.98 Å². The molecule has 0 fully saturated rings. The number of nitro groups is 1. The Morgan fingerprint density at radius 3 is 2.53 bits per heavy atom. The van der Waals surface area contributed by atoms with Crippen LogP contribution in [0.2, 0.25) is 0 Å². The fourth-order valence-corrected chi connectivity index (χ4v) is 4.67. The molecule has 0 saturated heterocycles. The molecule has 2 amide bonds. The molecule has 0 aliphatic carbocycles. The van der Waals surface area contributed by atoms with Crippen molar-refractivity contribution in [3.63, 3.8) is 0 Å². The van der Waals surface area contributed by atoms with Gasteiger partial charge in [0.2, 0.25) is 0 Å². The maximum absolute atomic E-state index is 13.0. The minimum Gasteiger partial charge on any atom is -0.347 e. The van der Waals surface area contributed by atoms with E-state index in [1.165, 1.54) is 18.2 Å². The molecule has 2 aromatic heterocycles. The van der Waals surface area contributed by atoms with Crippen molar-refractivity contribution in [2.45, 2.75) is 19.5 Å². The van der Waals surface area contributed by atoms with E-state index in [2.05, 4.69) is 26.2 Å². The van der Waals surface area contributed by atoms with Gasteiger partial charge in [0, 0.05) is 58.7 Å². The highest BCUT2D eigenvalue weighted by atomic mass is 79.9. The maximum atomic E-state index is 13.0. The standard InChI is InChI=1S/C24H18BrN5O4/c25-15-6-7-19-17(12-15)18(13-29(19)10-3-9-28-11-8-26-14-28)22-21(23(31)27-24(22)32)16-4-1-2-5-20(16)30(33)34/h1-2,4-8,11-14H,3,9-10H2,(H,27,31,32). The van der Waals surface area contributed by atoms with Crippen molar-refractivity contribution in [1.82, 2.24) is 19.4 Å². The van der Waals surface area contributed by atoms with Crippen LogP contribution < -0.4 is 5.32 Å². The summed E-state index contributed by atoms with van der Waals surface area (Å²) in [6.07, 6.45) is 8.04. The minimum atomic E-state index is -0.648. The van der Waals surface area contributed by atoms with Gasteiger partial charge in [0.15, 0.2) is 0 Å². The number of hydrogen-bond donors (Lipinski definition) is 1. The second-order valence-electron chi connectivity index (χ2n) is 7.86. The van der Waals surface area contributed by atoms with Crippen LogP contribution in [0.5, 0.6) is 0 Å². The number of aromatic nitrogens is 3. The lowest BCUT2D eigenvalue weighted by Crippen LogP contribution is -2.22. The van der Waals surface area contributed by atoms with E-state index in [0.29, 0.717) is 12.1 Å². The van der Waals surface area contributed by atoms with Crippen LogP contribution in [0.25, 0.3) is 22.0 Å². The van der Waals surface area contributed by atoms with Gasteiger partial charge < -0.3 is 9.13 Å². The van der Waals surface area contributed by atoms with Gasteiger partial charge in [0.05, 0.1) is 28.0 Å². The summed E-state index contributed by atoms with van der Waals surface area (Å²) >= 11 is 3.49. The van der Waals surface area contributed by atoms with Crippen LogP contribution in [0.15, 0.2) is 71.9 Å². The zero-order valence-electron chi connectivity index (χ0n) is 17.8. The lowest BCUT2D eigenvalue weighted by Gasteiger charge is -2.06. The topological polar surface area (TPSA) is 112 Å². The number of halogens is 1. The molecular weight excluding hydrogens is 502 g/mol. The Morgan fingerprint density at radius 2 is 1.79 bits per heavy atom. The van der Waals surface area contributed by atoms with Crippen LogP contribution in [0.3, 0.4) is 0 Å². The van der Waals surface area contributed by atoms with E-state index in [9.17, 15) is 19.7 Å². The van der Waals surface area contributed by atoms with Crippen LogP contribution in [-0.4, -0.2) is 30.9 Å². The number of nitrogens with zero attached hydrogens (tertiary/aromatic N) is 4. The molecule has 10 heteroatoms. The molecule has 1 N–H and O–H groups in total. The highest BCUT2D eigenvalue weighted by Gasteiger charge is 2.36. The van der Waals surface area contributed by atoms with Crippen molar-refractivity contribution < 1.29 is 14.5 Å². The number of amides is 2. The van der Waals surface area contributed by atoms with Crippen LogP contribution in [0.4, 0.5) is 5.69 Å². The summed E-state index contributed by atoms with van der Waals surface area (Å²) < 4.78 is 4.84. The molecule has 0 spiro atoms. The number of para-hydroxylation sites is 1. The summed E-state index contributed by atoms with van der Waals surface area (Å²) in [7, 11) is 0. The molecule has 0 unspecified atom stereocenters. The first-order chi connectivity index (χ1) is 16.4. The maximum Gasteiger partial charge on any atom is 0.277 e. The van der Waals surface area contributed by atoms with Crippen LogP contribution in [0, 0.1) is 10.1 Å². The molecule has 9 nitrogen and oxygen atoms in total. The van der Waals surface area contributed by atoms with Gasteiger partial charge in [0.1, 0.15) is 0 Å². The molecule has 0 saturated carbocycles. The monoisotopic (exact) mass is 519 g/mol. The highest BCUT2D eigenvalue weighted by Crippen LogP contribution is 2.39. The average molecular weight is 520 g/mol.